The Morgan fingerprint density at radius 2 is 2.00 bits per heavy atom. The van der Waals surface area contributed by atoms with Gasteiger partial charge in [0.1, 0.15) is 6.29 Å². The Kier molecular flexibility index (Phi) is 1.48. The smallest absolute Gasteiger partial charge is 0.150 e. The standard InChI is InChI=1S/C13H10O/c14-8-11-5-4-9-2-1-3-10-6-7-12(11)13(9)10/h1-5,8H,6-7H2. The lowest BCUT2D eigenvalue weighted by Crippen LogP contribution is -1.88. The fraction of sp³-hybridized carbons (Fsp3) is 0.154. The maximum absolute atomic E-state index is 10.9. The molecule has 0 N–H and O–H groups in total. The molecule has 0 fully saturated rings. The molecular weight excluding hydrogens is 172 g/mol. The van der Waals surface area contributed by atoms with E-state index in [1.807, 2.05) is 12.1 Å². The van der Waals surface area contributed by atoms with Gasteiger partial charge < -0.3 is 0 Å². The van der Waals surface area contributed by atoms with Crippen molar-refractivity contribution in [3.05, 3.63) is 47.0 Å². The molecule has 0 aromatic heterocycles. The van der Waals surface area contributed by atoms with Crippen molar-refractivity contribution in [2.75, 3.05) is 0 Å². The molecule has 1 nitrogen and oxygen atoms in total. The van der Waals surface area contributed by atoms with E-state index < -0.39 is 0 Å². The van der Waals surface area contributed by atoms with Crippen molar-refractivity contribution in [1.29, 1.82) is 0 Å². The summed E-state index contributed by atoms with van der Waals surface area (Å²) >= 11 is 0. The first-order valence-corrected chi connectivity index (χ1v) is 4.89. The summed E-state index contributed by atoms with van der Waals surface area (Å²) in [5, 5.41) is 2.58. The SMILES string of the molecule is O=Cc1ccc2cccc3c2c1CC3. The van der Waals surface area contributed by atoms with Crippen LogP contribution in [0.25, 0.3) is 10.8 Å². The molecule has 0 atom stereocenters. The molecule has 2 aromatic carbocycles. The summed E-state index contributed by atoms with van der Waals surface area (Å²) in [6.07, 6.45) is 3.07. The Balaban J connectivity index is 2.51. The van der Waals surface area contributed by atoms with Crippen molar-refractivity contribution in [1.82, 2.24) is 0 Å². The summed E-state index contributed by atoms with van der Waals surface area (Å²) in [6.45, 7) is 0. The summed E-state index contributed by atoms with van der Waals surface area (Å²) in [5.41, 5.74) is 3.50. The van der Waals surface area contributed by atoms with Gasteiger partial charge in [-0.25, -0.2) is 0 Å². The van der Waals surface area contributed by atoms with Gasteiger partial charge in [0.25, 0.3) is 0 Å². The second-order valence-corrected chi connectivity index (χ2v) is 3.77. The molecule has 0 radical (unpaired) electrons. The zero-order chi connectivity index (χ0) is 9.54. The monoisotopic (exact) mass is 182 g/mol. The highest BCUT2D eigenvalue weighted by Gasteiger charge is 2.16. The minimum absolute atomic E-state index is 0.863. The van der Waals surface area contributed by atoms with Crippen LogP contribution in [0.15, 0.2) is 30.3 Å². The van der Waals surface area contributed by atoms with Crippen molar-refractivity contribution < 1.29 is 4.79 Å². The van der Waals surface area contributed by atoms with Crippen LogP contribution in [-0.2, 0) is 12.8 Å². The third-order valence-electron chi connectivity index (χ3n) is 3.05. The molecule has 14 heavy (non-hydrogen) atoms. The van der Waals surface area contributed by atoms with Gasteiger partial charge in [-0.15, -0.1) is 0 Å². The number of aryl methyl sites for hydroxylation is 2. The van der Waals surface area contributed by atoms with Crippen LogP contribution < -0.4 is 0 Å². The molecule has 3 rings (SSSR count). The minimum atomic E-state index is 0.863. The first-order chi connectivity index (χ1) is 6.90. The van der Waals surface area contributed by atoms with Gasteiger partial charge in [-0.05, 0) is 34.7 Å². The van der Waals surface area contributed by atoms with E-state index in [-0.39, 0.29) is 0 Å². The maximum Gasteiger partial charge on any atom is 0.150 e. The predicted octanol–water partition coefficient (Wildman–Crippen LogP) is 2.75. The van der Waals surface area contributed by atoms with Crippen LogP contribution in [0.2, 0.25) is 0 Å². The Morgan fingerprint density at radius 1 is 1.07 bits per heavy atom. The lowest BCUT2D eigenvalue weighted by atomic mass is 10.0. The van der Waals surface area contributed by atoms with E-state index in [1.54, 1.807) is 0 Å². The molecular formula is C13H10O. The quantitative estimate of drug-likeness (QED) is 0.620. The third-order valence-corrected chi connectivity index (χ3v) is 3.05. The summed E-state index contributed by atoms with van der Waals surface area (Å²) in [7, 11) is 0. The van der Waals surface area contributed by atoms with E-state index in [4.69, 9.17) is 0 Å². The Labute approximate surface area is 82.4 Å². The lowest BCUT2D eigenvalue weighted by molar-refractivity contribution is 0.112. The van der Waals surface area contributed by atoms with E-state index >= 15 is 0 Å². The van der Waals surface area contributed by atoms with Gasteiger partial charge in [-0.2, -0.15) is 0 Å². The number of hydrogen-bond acceptors (Lipinski definition) is 1. The molecule has 0 heterocycles. The fourth-order valence-corrected chi connectivity index (χ4v) is 2.40. The number of aldehydes is 1. The van der Waals surface area contributed by atoms with Crippen molar-refractivity contribution in [2.45, 2.75) is 12.8 Å². The highest BCUT2D eigenvalue weighted by atomic mass is 16.1. The summed E-state index contributed by atoms with van der Waals surface area (Å²) < 4.78 is 0. The molecule has 0 bridgehead atoms. The van der Waals surface area contributed by atoms with Gasteiger partial charge in [0.15, 0.2) is 0 Å². The second-order valence-electron chi connectivity index (χ2n) is 3.77. The lowest BCUT2D eigenvalue weighted by Gasteiger charge is -2.03. The second kappa shape index (κ2) is 2.68. The Morgan fingerprint density at radius 3 is 2.86 bits per heavy atom. The molecule has 0 saturated carbocycles. The summed E-state index contributed by atoms with van der Waals surface area (Å²) in [4.78, 5) is 10.9. The third kappa shape index (κ3) is 0.869. The Hall–Kier alpha value is -1.63. The maximum atomic E-state index is 10.9. The van der Waals surface area contributed by atoms with E-state index in [1.165, 1.54) is 21.9 Å². The first-order valence-electron chi connectivity index (χ1n) is 4.89. The average molecular weight is 182 g/mol. The summed E-state index contributed by atoms with van der Waals surface area (Å²) in [5.74, 6) is 0. The number of carbonyl (C=O) groups is 1. The van der Waals surface area contributed by atoms with Crippen LogP contribution in [0.1, 0.15) is 21.5 Å². The van der Waals surface area contributed by atoms with Crippen molar-refractivity contribution in [2.24, 2.45) is 0 Å². The molecule has 0 unspecified atom stereocenters. The number of hydrogen-bond donors (Lipinski definition) is 0. The minimum Gasteiger partial charge on any atom is -0.298 e. The molecule has 0 saturated heterocycles. The van der Waals surface area contributed by atoms with Crippen molar-refractivity contribution in [3.63, 3.8) is 0 Å². The van der Waals surface area contributed by atoms with Gasteiger partial charge in [-0.3, -0.25) is 4.79 Å². The topological polar surface area (TPSA) is 17.1 Å². The van der Waals surface area contributed by atoms with Gasteiger partial charge in [0.05, 0.1) is 0 Å². The van der Waals surface area contributed by atoms with E-state index in [9.17, 15) is 4.79 Å². The van der Waals surface area contributed by atoms with Gasteiger partial charge in [0, 0.05) is 5.56 Å². The van der Waals surface area contributed by atoms with Gasteiger partial charge >= 0.3 is 0 Å². The zero-order valence-electron chi connectivity index (χ0n) is 7.79. The highest BCUT2D eigenvalue weighted by Crippen LogP contribution is 2.32. The number of benzene rings is 2. The first kappa shape index (κ1) is 7.74. The van der Waals surface area contributed by atoms with Crippen LogP contribution >= 0.6 is 0 Å². The van der Waals surface area contributed by atoms with Gasteiger partial charge in [-0.1, -0.05) is 30.3 Å². The van der Waals surface area contributed by atoms with Crippen LogP contribution in [0.4, 0.5) is 0 Å². The van der Waals surface area contributed by atoms with Crippen LogP contribution in [0, 0.1) is 0 Å². The van der Waals surface area contributed by atoms with Crippen molar-refractivity contribution in [3.8, 4) is 0 Å². The normalized spacial score (nSPS) is 13.4. The van der Waals surface area contributed by atoms with Crippen LogP contribution in [0.3, 0.4) is 0 Å². The number of carbonyl (C=O) groups excluding carboxylic acids is 1. The van der Waals surface area contributed by atoms with E-state index in [0.29, 0.717) is 0 Å². The van der Waals surface area contributed by atoms with Crippen LogP contribution in [-0.4, -0.2) is 6.29 Å². The number of rotatable bonds is 1. The molecule has 0 spiro atoms. The molecule has 68 valence electrons. The van der Waals surface area contributed by atoms with Gasteiger partial charge in [0.2, 0.25) is 0 Å². The molecule has 1 aliphatic rings. The largest absolute Gasteiger partial charge is 0.298 e. The average Bonchev–Trinajstić information content (AvgIpc) is 2.66. The molecule has 0 amide bonds. The fourth-order valence-electron chi connectivity index (χ4n) is 2.40. The molecule has 1 heteroatoms. The van der Waals surface area contributed by atoms with Crippen molar-refractivity contribution >= 4 is 17.1 Å². The van der Waals surface area contributed by atoms with E-state index in [0.717, 1.165) is 24.7 Å². The molecule has 2 aromatic rings. The zero-order valence-corrected chi connectivity index (χ0v) is 7.79. The van der Waals surface area contributed by atoms with E-state index in [2.05, 4.69) is 18.2 Å². The summed E-state index contributed by atoms with van der Waals surface area (Å²) in [6, 6.07) is 10.3. The Bertz CT molecular complexity index is 526. The molecule has 0 aliphatic heterocycles. The van der Waals surface area contributed by atoms with Crippen LogP contribution in [0.5, 0.6) is 0 Å². The highest BCUT2D eigenvalue weighted by molar-refractivity contribution is 5.96. The molecule has 1 aliphatic carbocycles. The predicted molar refractivity (Wildman–Crippen MR) is 56.7 cm³/mol.